The fourth-order valence-corrected chi connectivity index (χ4v) is 5.18. The highest BCUT2D eigenvalue weighted by atomic mass is 35.5. The number of amides is 1. The van der Waals surface area contributed by atoms with Crippen molar-refractivity contribution >= 4 is 33.2 Å². The molecule has 1 heterocycles. The van der Waals surface area contributed by atoms with E-state index in [0.717, 1.165) is 5.56 Å². The van der Waals surface area contributed by atoms with Gasteiger partial charge in [0.1, 0.15) is 5.82 Å². The number of benzene rings is 2. The molecule has 0 fully saturated rings. The molecule has 8 heteroatoms. The summed E-state index contributed by atoms with van der Waals surface area (Å²) in [6.07, 6.45) is 1.37. The van der Waals surface area contributed by atoms with Crippen molar-refractivity contribution in [2.75, 3.05) is 24.5 Å². The van der Waals surface area contributed by atoms with E-state index in [2.05, 4.69) is 0 Å². The van der Waals surface area contributed by atoms with Crippen molar-refractivity contribution in [3.05, 3.63) is 58.4 Å². The van der Waals surface area contributed by atoms with Crippen LogP contribution in [0.5, 0.6) is 0 Å². The van der Waals surface area contributed by atoms with E-state index in [9.17, 15) is 17.6 Å². The van der Waals surface area contributed by atoms with Gasteiger partial charge in [-0.05, 0) is 42.7 Å². The van der Waals surface area contributed by atoms with Gasteiger partial charge < -0.3 is 4.90 Å². The third-order valence-electron chi connectivity index (χ3n) is 4.92. The second-order valence-electron chi connectivity index (χ2n) is 6.54. The summed E-state index contributed by atoms with van der Waals surface area (Å²) in [5.74, 6) is -0.985. The first-order valence-corrected chi connectivity index (χ1v) is 11.0. The highest BCUT2D eigenvalue weighted by molar-refractivity contribution is 7.89. The maximum Gasteiger partial charge on any atom is 0.259 e. The first-order chi connectivity index (χ1) is 13.3. The lowest BCUT2D eigenvalue weighted by atomic mass is 10.0. The number of nitrogens with zero attached hydrogens (tertiary/aromatic N) is 2. The molecule has 0 saturated carbocycles. The Labute approximate surface area is 169 Å². The van der Waals surface area contributed by atoms with Gasteiger partial charge in [0.15, 0.2) is 0 Å². The molecule has 0 aliphatic carbocycles. The molecule has 2 aromatic rings. The zero-order valence-electron chi connectivity index (χ0n) is 15.8. The van der Waals surface area contributed by atoms with Gasteiger partial charge in [-0.1, -0.05) is 37.6 Å². The summed E-state index contributed by atoms with van der Waals surface area (Å²) in [6.45, 7) is 4.47. The number of carbonyl (C=O) groups is 1. The van der Waals surface area contributed by atoms with Crippen LogP contribution in [-0.4, -0.2) is 38.3 Å². The molecule has 0 N–H and O–H groups in total. The number of hydrogen-bond donors (Lipinski definition) is 0. The molecule has 28 heavy (non-hydrogen) atoms. The van der Waals surface area contributed by atoms with Gasteiger partial charge in [0.2, 0.25) is 10.0 Å². The molecule has 1 aliphatic rings. The molecule has 0 aromatic heterocycles. The highest BCUT2D eigenvalue weighted by Crippen LogP contribution is 2.33. The number of anilines is 1. The molecular weight excluding hydrogens is 403 g/mol. The second-order valence-corrected chi connectivity index (χ2v) is 8.88. The molecule has 0 radical (unpaired) electrons. The molecule has 150 valence electrons. The van der Waals surface area contributed by atoms with E-state index in [-0.39, 0.29) is 21.2 Å². The third-order valence-corrected chi connectivity index (χ3v) is 7.30. The van der Waals surface area contributed by atoms with Crippen LogP contribution in [0.2, 0.25) is 5.02 Å². The predicted molar refractivity (Wildman–Crippen MR) is 108 cm³/mol. The molecule has 0 atom stereocenters. The molecular formula is C20H22ClFN2O3S. The Morgan fingerprint density at radius 1 is 1.21 bits per heavy atom. The van der Waals surface area contributed by atoms with Gasteiger partial charge in [-0.3, -0.25) is 4.79 Å². The fourth-order valence-electron chi connectivity index (χ4n) is 3.49. The van der Waals surface area contributed by atoms with E-state index in [1.165, 1.54) is 33.5 Å². The third kappa shape index (κ3) is 3.66. The first-order valence-electron chi connectivity index (χ1n) is 9.20. The van der Waals surface area contributed by atoms with E-state index in [1.807, 2.05) is 0 Å². The summed E-state index contributed by atoms with van der Waals surface area (Å²) in [6, 6.07) is 8.79. The van der Waals surface area contributed by atoms with Crippen molar-refractivity contribution in [3.8, 4) is 0 Å². The van der Waals surface area contributed by atoms with Crippen LogP contribution in [0.3, 0.4) is 0 Å². The summed E-state index contributed by atoms with van der Waals surface area (Å²) in [7, 11) is -3.74. The van der Waals surface area contributed by atoms with Crippen LogP contribution < -0.4 is 4.90 Å². The Morgan fingerprint density at radius 2 is 1.93 bits per heavy atom. The van der Waals surface area contributed by atoms with Crippen LogP contribution >= 0.6 is 11.6 Å². The lowest BCUT2D eigenvalue weighted by molar-refractivity contribution is 0.0984. The summed E-state index contributed by atoms with van der Waals surface area (Å²) >= 11 is 6.22. The van der Waals surface area contributed by atoms with Crippen molar-refractivity contribution in [2.24, 2.45) is 0 Å². The normalized spacial score (nSPS) is 14.2. The van der Waals surface area contributed by atoms with Gasteiger partial charge in [0.05, 0.1) is 21.2 Å². The number of aryl methyl sites for hydroxylation is 1. The van der Waals surface area contributed by atoms with E-state index in [0.29, 0.717) is 32.5 Å². The zero-order valence-corrected chi connectivity index (χ0v) is 17.4. The van der Waals surface area contributed by atoms with E-state index < -0.39 is 21.7 Å². The number of sulfonamides is 1. The number of halogens is 2. The number of carbonyl (C=O) groups excluding carboxylic acids is 1. The minimum absolute atomic E-state index is 0.00489. The summed E-state index contributed by atoms with van der Waals surface area (Å²) in [5.41, 5.74) is 1.04. The number of rotatable bonds is 5. The molecule has 0 saturated heterocycles. The van der Waals surface area contributed by atoms with E-state index in [1.54, 1.807) is 26.0 Å². The van der Waals surface area contributed by atoms with E-state index in [4.69, 9.17) is 11.6 Å². The number of para-hydroxylation sites is 1. The average molecular weight is 425 g/mol. The minimum atomic E-state index is -3.74. The van der Waals surface area contributed by atoms with Gasteiger partial charge in [0, 0.05) is 19.6 Å². The number of fused-ring (bicyclic) bond motifs is 1. The average Bonchev–Trinajstić information content (AvgIpc) is 2.68. The second kappa shape index (κ2) is 8.19. The predicted octanol–water partition coefficient (Wildman–Crippen LogP) is 4.10. The fraction of sp³-hybridized carbons (Fsp3) is 0.350. The van der Waals surface area contributed by atoms with Gasteiger partial charge in [0.25, 0.3) is 5.91 Å². The summed E-state index contributed by atoms with van der Waals surface area (Å²) in [4.78, 5) is 14.5. The lowest BCUT2D eigenvalue weighted by Crippen LogP contribution is -2.36. The summed E-state index contributed by atoms with van der Waals surface area (Å²) in [5, 5.41) is 0.131. The van der Waals surface area contributed by atoms with Gasteiger partial charge in [-0.2, -0.15) is 4.31 Å². The topological polar surface area (TPSA) is 57.7 Å². The molecule has 0 spiro atoms. The van der Waals surface area contributed by atoms with Crippen LogP contribution in [0.15, 0.2) is 41.3 Å². The first kappa shape index (κ1) is 20.8. The van der Waals surface area contributed by atoms with Crippen LogP contribution in [0.4, 0.5) is 10.1 Å². The van der Waals surface area contributed by atoms with Crippen molar-refractivity contribution < 1.29 is 17.6 Å². The molecule has 5 nitrogen and oxygen atoms in total. The maximum atomic E-state index is 14.4. The van der Waals surface area contributed by atoms with E-state index >= 15 is 0 Å². The Morgan fingerprint density at radius 3 is 2.61 bits per heavy atom. The smallest absolute Gasteiger partial charge is 0.259 e. The van der Waals surface area contributed by atoms with Crippen LogP contribution in [-0.2, 0) is 16.4 Å². The largest absolute Gasteiger partial charge is 0.305 e. The van der Waals surface area contributed by atoms with Crippen molar-refractivity contribution in [1.82, 2.24) is 4.31 Å². The molecule has 1 aliphatic heterocycles. The summed E-state index contributed by atoms with van der Waals surface area (Å²) < 4.78 is 41.4. The van der Waals surface area contributed by atoms with Gasteiger partial charge in [-0.25, -0.2) is 12.8 Å². The monoisotopic (exact) mass is 424 g/mol. The maximum absolute atomic E-state index is 14.4. The van der Waals surface area contributed by atoms with Crippen LogP contribution in [0.25, 0.3) is 0 Å². The molecule has 0 unspecified atom stereocenters. The molecule has 2 aromatic carbocycles. The Bertz CT molecular complexity index is 1010. The van der Waals surface area contributed by atoms with Crippen molar-refractivity contribution in [3.63, 3.8) is 0 Å². The Balaban J connectivity index is 2.05. The van der Waals surface area contributed by atoms with Crippen LogP contribution in [0.1, 0.15) is 36.2 Å². The molecule has 0 bridgehead atoms. The minimum Gasteiger partial charge on any atom is -0.305 e. The molecule has 1 amide bonds. The SMILES string of the molecule is CCN(CC)S(=O)(=O)c1ccc(Cl)c(C(=O)N2CCCc3cccc(F)c32)c1. The highest BCUT2D eigenvalue weighted by Gasteiger charge is 2.29. The van der Waals surface area contributed by atoms with Crippen LogP contribution in [0, 0.1) is 5.82 Å². The van der Waals surface area contributed by atoms with Crippen molar-refractivity contribution in [2.45, 2.75) is 31.6 Å². The standard InChI is InChI=1S/C20H22ClFN2O3S/c1-3-23(4-2)28(26,27)15-10-11-17(21)16(13-15)20(25)24-12-6-8-14-7-5-9-18(22)19(14)24/h5,7,9-11,13H,3-4,6,8,12H2,1-2H3. The van der Waals surface area contributed by atoms with Gasteiger partial charge >= 0.3 is 0 Å². The lowest BCUT2D eigenvalue weighted by Gasteiger charge is -2.30. The quantitative estimate of drug-likeness (QED) is 0.726. The van der Waals surface area contributed by atoms with Gasteiger partial charge in [-0.15, -0.1) is 0 Å². The Kier molecular flexibility index (Phi) is 6.07. The zero-order chi connectivity index (χ0) is 20.5. The van der Waals surface area contributed by atoms with Crippen molar-refractivity contribution in [1.29, 1.82) is 0 Å². The number of hydrogen-bond acceptors (Lipinski definition) is 3. The molecule has 3 rings (SSSR count). The Hall–Kier alpha value is -1.96.